The number of aryl methyl sites for hydroxylation is 1. The third kappa shape index (κ3) is 3.70. The number of carbonyl (C=O) groups excluding carboxylic acids is 1. The minimum Gasteiger partial charge on any atom is -0.348 e. The zero-order valence-corrected chi connectivity index (χ0v) is 11.0. The maximum absolute atomic E-state index is 12.9. The van der Waals surface area contributed by atoms with Crippen LogP contribution in [0.2, 0.25) is 0 Å². The molecule has 4 heteroatoms. The summed E-state index contributed by atoms with van der Waals surface area (Å²) in [6, 6.07) is 4.05. The van der Waals surface area contributed by atoms with Gasteiger partial charge in [-0.15, -0.1) is 11.6 Å². The number of hydrogen-bond acceptors (Lipinski definition) is 1. The van der Waals surface area contributed by atoms with Crippen LogP contribution in [-0.4, -0.2) is 17.8 Å². The van der Waals surface area contributed by atoms with Gasteiger partial charge in [-0.3, -0.25) is 4.79 Å². The number of halogens is 2. The second-order valence-electron chi connectivity index (χ2n) is 4.44. The summed E-state index contributed by atoms with van der Waals surface area (Å²) in [7, 11) is 0. The average molecular weight is 258 g/mol. The molecule has 0 aliphatic heterocycles. The van der Waals surface area contributed by atoms with Crippen molar-refractivity contribution >= 4 is 17.5 Å². The molecule has 0 fully saturated rings. The van der Waals surface area contributed by atoms with Gasteiger partial charge in [0.2, 0.25) is 0 Å². The van der Waals surface area contributed by atoms with Crippen LogP contribution in [0.15, 0.2) is 18.2 Å². The van der Waals surface area contributed by atoms with E-state index in [4.69, 9.17) is 11.6 Å². The minimum atomic E-state index is -0.336. The lowest BCUT2D eigenvalue weighted by molar-refractivity contribution is 0.0930. The van der Waals surface area contributed by atoms with Crippen molar-refractivity contribution in [2.75, 3.05) is 5.88 Å². The second-order valence-corrected chi connectivity index (χ2v) is 4.75. The molecule has 1 aromatic rings. The van der Waals surface area contributed by atoms with Gasteiger partial charge in [-0.1, -0.05) is 13.8 Å². The monoisotopic (exact) mass is 257 g/mol. The lowest BCUT2D eigenvalue weighted by atomic mass is 10.0. The van der Waals surface area contributed by atoms with E-state index in [1.807, 2.05) is 13.8 Å². The minimum absolute atomic E-state index is 0.0754. The van der Waals surface area contributed by atoms with Gasteiger partial charge < -0.3 is 5.32 Å². The largest absolute Gasteiger partial charge is 0.348 e. The smallest absolute Gasteiger partial charge is 0.251 e. The molecule has 0 aromatic heterocycles. The van der Waals surface area contributed by atoms with E-state index in [2.05, 4.69) is 5.32 Å². The quantitative estimate of drug-likeness (QED) is 0.825. The molecule has 0 saturated heterocycles. The first-order valence-corrected chi connectivity index (χ1v) is 6.12. The van der Waals surface area contributed by atoms with Crippen LogP contribution < -0.4 is 5.32 Å². The standard InChI is InChI=1S/C13H17ClFNO/c1-8(2)12(7-14)16-13(17)11-5-4-10(15)6-9(11)3/h4-6,8,12H,7H2,1-3H3,(H,16,17). The van der Waals surface area contributed by atoms with Gasteiger partial charge in [-0.2, -0.15) is 0 Å². The van der Waals surface area contributed by atoms with Crippen LogP contribution >= 0.6 is 11.6 Å². The molecule has 1 atom stereocenters. The molecule has 0 aliphatic rings. The Kier molecular flexibility index (Phi) is 4.94. The maximum atomic E-state index is 12.9. The summed E-state index contributed by atoms with van der Waals surface area (Å²) in [5.74, 6) is 0.0831. The summed E-state index contributed by atoms with van der Waals surface area (Å²) in [4.78, 5) is 12.0. The fraction of sp³-hybridized carbons (Fsp3) is 0.462. The van der Waals surface area contributed by atoms with Crippen molar-refractivity contribution in [3.8, 4) is 0 Å². The van der Waals surface area contributed by atoms with Crippen LogP contribution in [0.1, 0.15) is 29.8 Å². The molecule has 1 N–H and O–H groups in total. The van der Waals surface area contributed by atoms with Crippen LogP contribution in [0.4, 0.5) is 4.39 Å². The third-order valence-electron chi connectivity index (χ3n) is 2.72. The summed E-state index contributed by atoms with van der Waals surface area (Å²) in [5, 5.41) is 2.85. The molecular formula is C13H17ClFNO. The molecule has 0 heterocycles. The molecule has 0 aliphatic carbocycles. The number of amides is 1. The topological polar surface area (TPSA) is 29.1 Å². The highest BCUT2D eigenvalue weighted by molar-refractivity contribution is 6.18. The Balaban J connectivity index is 2.82. The zero-order valence-electron chi connectivity index (χ0n) is 10.3. The Morgan fingerprint density at radius 1 is 1.47 bits per heavy atom. The fourth-order valence-electron chi connectivity index (χ4n) is 1.51. The molecule has 1 amide bonds. The van der Waals surface area contributed by atoms with Crippen molar-refractivity contribution in [1.82, 2.24) is 5.32 Å². The average Bonchev–Trinajstić information content (AvgIpc) is 2.24. The predicted octanol–water partition coefficient (Wildman–Crippen LogP) is 3.13. The van der Waals surface area contributed by atoms with Gasteiger partial charge in [0.15, 0.2) is 0 Å². The van der Waals surface area contributed by atoms with E-state index >= 15 is 0 Å². The molecule has 17 heavy (non-hydrogen) atoms. The Morgan fingerprint density at radius 3 is 2.59 bits per heavy atom. The van der Waals surface area contributed by atoms with Crippen molar-refractivity contribution in [2.45, 2.75) is 26.8 Å². The molecule has 1 unspecified atom stereocenters. The van der Waals surface area contributed by atoms with E-state index in [-0.39, 0.29) is 23.7 Å². The van der Waals surface area contributed by atoms with E-state index < -0.39 is 0 Å². The van der Waals surface area contributed by atoms with Crippen molar-refractivity contribution in [3.05, 3.63) is 35.1 Å². The molecule has 2 nitrogen and oxygen atoms in total. The lowest BCUT2D eigenvalue weighted by Gasteiger charge is -2.20. The maximum Gasteiger partial charge on any atom is 0.251 e. The highest BCUT2D eigenvalue weighted by Crippen LogP contribution is 2.11. The van der Waals surface area contributed by atoms with Gasteiger partial charge >= 0.3 is 0 Å². The fourth-order valence-corrected chi connectivity index (χ4v) is 1.94. The molecule has 0 radical (unpaired) electrons. The number of benzene rings is 1. The third-order valence-corrected chi connectivity index (χ3v) is 3.05. The molecule has 0 bridgehead atoms. The molecule has 1 rings (SSSR count). The van der Waals surface area contributed by atoms with E-state index in [9.17, 15) is 9.18 Å². The highest BCUT2D eigenvalue weighted by Gasteiger charge is 2.17. The molecule has 1 aromatic carbocycles. The van der Waals surface area contributed by atoms with Crippen LogP contribution in [0.25, 0.3) is 0 Å². The van der Waals surface area contributed by atoms with Crippen molar-refractivity contribution in [2.24, 2.45) is 5.92 Å². The van der Waals surface area contributed by atoms with Gasteiger partial charge in [0, 0.05) is 17.5 Å². The van der Waals surface area contributed by atoms with Gasteiger partial charge in [0.25, 0.3) is 5.91 Å². The first-order valence-electron chi connectivity index (χ1n) is 5.58. The van der Waals surface area contributed by atoms with E-state index in [0.29, 0.717) is 17.0 Å². The summed E-state index contributed by atoms with van der Waals surface area (Å²) < 4.78 is 12.9. The van der Waals surface area contributed by atoms with Crippen molar-refractivity contribution < 1.29 is 9.18 Å². The Bertz CT molecular complexity index is 406. The lowest BCUT2D eigenvalue weighted by Crippen LogP contribution is -2.40. The normalized spacial score (nSPS) is 12.6. The van der Waals surface area contributed by atoms with Crippen molar-refractivity contribution in [1.29, 1.82) is 0 Å². The van der Waals surface area contributed by atoms with Crippen molar-refractivity contribution in [3.63, 3.8) is 0 Å². The molecule has 0 saturated carbocycles. The Hall–Kier alpha value is -1.09. The highest BCUT2D eigenvalue weighted by atomic mass is 35.5. The first-order chi connectivity index (χ1) is 7.95. The van der Waals surface area contributed by atoms with Crippen LogP contribution in [0, 0.1) is 18.7 Å². The SMILES string of the molecule is Cc1cc(F)ccc1C(=O)NC(CCl)C(C)C. The van der Waals surface area contributed by atoms with Gasteiger partial charge in [0.1, 0.15) is 5.82 Å². The van der Waals surface area contributed by atoms with Crippen LogP contribution in [0.5, 0.6) is 0 Å². The first kappa shape index (κ1) is 14.0. The number of alkyl halides is 1. The Morgan fingerprint density at radius 2 is 2.12 bits per heavy atom. The van der Waals surface area contributed by atoms with Gasteiger partial charge in [0.05, 0.1) is 0 Å². The number of carbonyl (C=O) groups is 1. The summed E-state index contributed by atoms with van der Waals surface area (Å²) in [5.41, 5.74) is 1.11. The summed E-state index contributed by atoms with van der Waals surface area (Å²) >= 11 is 5.78. The molecule has 94 valence electrons. The predicted molar refractivity (Wildman–Crippen MR) is 67.9 cm³/mol. The number of rotatable bonds is 4. The van der Waals surface area contributed by atoms with Crippen LogP contribution in [-0.2, 0) is 0 Å². The Labute approximate surface area is 106 Å². The second kappa shape index (κ2) is 6.01. The van der Waals surface area contributed by atoms with Gasteiger partial charge in [-0.05, 0) is 36.6 Å². The van der Waals surface area contributed by atoms with E-state index in [0.717, 1.165) is 0 Å². The number of hydrogen-bond donors (Lipinski definition) is 1. The number of nitrogens with one attached hydrogen (secondary N) is 1. The zero-order chi connectivity index (χ0) is 13.0. The summed E-state index contributed by atoms with van der Waals surface area (Å²) in [6.07, 6.45) is 0. The molecular weight excluding hydrogens is 241 g/mol. The van der Waals surface area contributed by atoms with Gasteiger partial charge in [-0.25, -0.2) is 4.39 Å². The molecule has 0 spiro atoms. The van der Waals surface area contributed by atoms with Crippen LogP contribution in [0.3, 0.4) is 0 Å². The van der Waals surface area contributed by atoms with E-state index in [1.165, 1.54) is 18.2 Å². The summed E-state index contributed by atoms with van der Waals surface area (Å²) in [6.45, 7) is 5.69. The van der Waals surface area contributed by atoms with E-state index in [1.54, 1.807) is 6.92 Å².